The summed E-state index contributed by atoms with van der Waals surface area (Å²) >= 11 is 0. The maximum atomic E-state index is 5.81. The lowest BCUT2D eigenvalue weighted by Gasteiger charge is -2.12. The molecule has 0 unspecified atom stereocenters. The monoisotopic (exact) mass is 245 g/mol. The molecule has 0 amide bonds. The Kier molecular flexibility index (Phi) is 3.55. The number of benzene rings is 1. The van der Waals surface area contributed by atoms with Gasteiger partial charge in [-0.05, 0) is 43.5 Å². The fourth-order valence-corrected chi connectivity index (χ4v) is 1.90. The second-order valence-corrected chi connectivity index (χ2v) is 4.59. The highest BCUT2D eigenvalue weighted by atomic mass is 16.5. The van der Waals surface area contributed by atoms with Crippen LogP contribution in [-0.2, 0) is 6.54 Å². The van der Waals surface area contributed by atoms with E-state index in [9.17, 15) is 0 Å². The van der Waals surface area contributed by atoms with Crippen LogP contribution in [0, 0.1) is 20.8 Å². The van der Waals surface area contributed by atoms with Crippen LogP contribution < -0.4 is 10.5 Å². The highest BCUT2D eigenvalue weighted by Crippen LogP contribution is 2.23. The lowest BCUT2D eigenvalue weighted by Crippen LogP contribution is -2.09. The molecule has 1 aromatic heterocycles. The number of aryl methyl sites for hydroxylation is 2. The second kappa shape index (κ2) is 5.12. The van der Waals surface area contributed by atoms with E-state index in [0.717, 1.165) is 5.75 Å². The molecule has 2 rings (SSSR count). The zero-order valence-corrected chi connectivity index (χ0v) is 11.1. The minimum Gasteiger partial charge on any atom is -0.491 e. The Morgan fingerprint density at radius 2 is 2.06 bits per heavy atom. The fourth-order valence-electron chi connectivity index (χ4n) is 1.90. The van der Waals surface area contributed by atoms with Gasteiger partial charge in [-0.15, -0.1) is 0 Å². The molecule has 96 valence electrons. The fraction of sp³-hybridized carbons (Fsp3) is 0.357. The number of anilines is 1. The van der Waals surface area contributed by atoms with Crippen LogP contribution in [0.25, 0.3) is 0 Å². The molecule has 4 heteroatoms. The predicted octanol–water partition coefficient (Wildman–Crippen LogP) is 2.47. The van der Waals surface area contributed by atoms with Crippen LogP contribution in [0.3, 0.4) is 0 Å². The Bertz CT molecular complexity index is 546. The molecular weight excluding hydrogens is 226 g/mol. The van der Waals surface area contributed by atoms with Crippen molar-refractivity contribution in [1.29, 1.82) is 0 Å². The van der Waals surface area contributed by atoms with Gasteiger partial charge in [-0.3, -0.25) is 4.68 Å². The van der Waals surface area contributed by atoms with Gasteiger partial charge in [0.1, 0.15) is 12.4 Å². The maximum Gasteiger partial charge on any atom is 0.122 e. The number of nitrogens with two attached hydrogens (primary N) is 1. The van der Waals surface area contributed by atoms with Gasteiger partial charge in [0.25, 0.3) is 0 Å². The molecule has 0 aliphatic heterocycles. The third kappa shape index (κ3) is 2.83. The lowest BCUT2D eigenvalue weighted by molar-refractivity contribution is 0.289. The molecule has 0 aliphatic carbocycles. The molecule has 0 fully saturated rings. The lowest BCUT2D eigenvalue weighted by atomic mass is 10.1. The average molecular weight is 245 g/mol. The van der Waals surface area contributed by atoms with E-state index in [1.54, 1.807) is 17.1 Å². The molecule has 0 atom stereocenters. The van der Waals surface area contributed by atoms with Crippen LogP contribution in [0.2, 0.25) is 0 Å². The summed E-state index contributed by atoms with van der Waals surface area (Å²) in [7, 11) is 0. The van der Waals surface area contributed by atoms with Crippen molar-refractivity contribution in [3.05, 3.63) is 41.2 Å². The zero-order chi connectivity index (χ0) is 13.1. The SMILES string of the molecule is Cc1cc(C)c(C)c(OCCn2cc(N)cn2)c1. The van der Waals surface area contributed by atoms with Crippen LogP contribution in [0.5, 0.6) is 5.75 Å². The number of hydrogen-bond donors (Lipinski definition) is 1. The summed E-state index contributed by atoms with van der Waals surface area (Å²) in [6.45, 7) is 7.54. The molecule has 18 heavy (non-hydrogen) atoms. The van der Waals surface area contributed by atoms with Crippen molar-refractivity contribution in [2.75, 3.05) is 12.3 Å². The van der Waals surface area contributed by atoms with Crippen molar-refractivity contribution >= 4 is 5.69 Å². The Morgan fingerprint density at radius 1 is 1.28 bits per heavy atom. The normalized spacial score (nSPS) is 10.6. The minimum absolute atomic E-state index is 0.588. The largest absolute Gasteiger partial charge is 0.491 e. The van der Waals surface area contributed by atoms with Crippen LogP contribution >= 0.6 is 0 Å². The van der Waals surface area contributed by atoms with Crippen LogP contribution in [0.4, 0.5) is 5.69 Å². The quantitative estimate of drug-likeness (QED) is 0.900. The van der Waals surface area contributed by atoms with E-state index in [-0.39, 0.29) is 0 Å². The molecule has 0 aliphatic rings. The summed E-state index contributed by atoms with van der Waals surface area (Å²) in [5.41, 5.74) is 9.95. The third-order valence-corrected chi connectivity index (χ3v) is 3.00. The van der Waals surface area contributed by atoms with Gasteiger partial charge in [-0.1, -0.05) is 6.07 Å². The van der Waals surface area contributed by atoms with Crippen molar-refractivity contribution in [2.45, 2.75) is 27.3 Å². The summed E-state index contributed by atoms with van der Waals surface area (Å²) < 4.78 is 7.60. The average Bonchev–Trinajstić information content (AvgIpc) is 2.71. The van der Waals surface area contributed by atoms with Crippen LogP contribution in [0.15, 0.2) is 24.5 Å². The first-order chi connectivity index (χ1) is 8.56. The molecule has 0 bridgehead atoms. The molecule has 2 aromatic rings. The Morgan fingerprint density at radius 3 is 2.72 bits per heavy atom. The van der Waals surface area contributed by atoms with E-state index >= 15 is 0 Å². The maximum absolute atomic E-state index is 5.81. The molecular formula is C14H19N3O. The standard InChI is InChI=1S/C14H19N3O/c1-10-6-11(2)12(3)14(7-10)18-5-4-17-9-13(15)8-16-17/h6-9H,4-5,15H2,1-3H3. The van der Waals surface area contributed by atoms with E-state index in [2.05, 4.69) is 38.0 Å². The van der Waals surface area contributed by atoms with E-state index < -0.39 is 0 Å². The van der Waals surface area contributed by atoms with Gasteiger partial charge in [0.05, 0.1) is 18.4 Å². The zero-order valence-electron chi connectivity index (χ0n) is 11.1. The topological polar surface area (TPSA) is 53.1 Å². The number of nitrogens with zero attached hydrogens (tertiary/aromatic N) is 2. The Labute approximate surface area is 107 Å². The van der Waals surface area contributed by atoms with Gasteiger partial charge in [0, 0.05) is 6.20 Å². The molecule has 0 radical (unpaired) electrons. The first-order valence-electron chi connectivity index (χ1n) is 6.05. The molecule has 1 aromatic carbocycles. The van der Waals surface area contributed by atoms with Gasteiger partial charge >= 0.3 is 0 Å². The highest BCUT2D eigenvalue weighted by molar-refractivity contribution is 5.41. The second-order valence-electron chi connectivity index (χ2n) is 4.59. The van der Waals surface area contributed by atoms with Crippen molar-refractivity contribution in [1.82, 2.24) is 9.78 Å². The first-order valence-corrected chi connectivity index (χ1v) is 6.05. The smallest absolute Gasteiger partial charge is 0.122 e. The van der Waals surface area contributed by atoms with Gasteiger partial charge in [-0.25, -0.2) is 0 Å². The van der Waals surface area contributed by atoms with Crippen molar-refractivity contribution in [3.8, 4) is 5.75 Å². The third-order valence-electron chi connectivity index (χ3n) is 3.00. The van der Waals surface area contributed by atoms with E-state index in [4.69, 9.17) is 10.5 Å². The Balaban J connectivity index is 1.98. The molecule has 0 spiro atoms. The van der Waals surface area contributed by atoms with Crippen LogP contribution in [-0.4, -0.2) is 16.4 Å². The summed E-state index contributed by atoms with van der Waals surface area (Å²) in [6, 6.07) is 4.23. The van der Waals surface area contributed by atoms with Crippen molar-refractivity contribution < 1.29 is 4.74 Å². The number of rotatable bonds is 4. The number of ether oxygens (including phenoxy) is 1. The Hall–Kier alpha value is -1.97. The summed E-state index contributed by atoms with van der Waals surface area (Å²) in [6.07, 6.45) is 3.44. The first kappa shape index (κ1) is 12.5. The van der Waals surface area contributed by atoms with Crippen molar-refractivity contribution in [2.24, 2.45) is 0 Å². The number of aromatic nitrogens is 2. The van der Waals surface area contributed by atoms with E-state index in [1.165, 1.54) is 16.7 Å². The molecule has 0 saturated heterocycles. The summed E-state index contributed by atoms with van der Waals surface area (Å²) in [5, 5.41) is 4.12. The number of hydrogen-bond acceptors (Lipinski definition) is 3. The molecule has 2 N–H and O–H groups in total. The van der Waals surface area contributed by atoms with Gasteiger partial charge < -0.3 is 10.5 Å². The van der Waals surface area contributed by atoms with E-state index in [1.807, 2.05) is 0 Å². The molecule has 1 heterocycles. The van der Waals surface area contributed by atoms with Gasteiger partial charge in [0.2, 0.25) is 0 Å². The van der Waals surface area contributed by atoms with Gasteiger partial charge in [-0.2, -0.15) is 5.10 Å². The molecule has 0 saturated carbocycles. The molecule has 4 nitrogen and oxygen atoms in total. The highest BCUT2D eigenvalue weighted by Gasteiger charge is 2.04. The van der Waals surface area contributed by atoms with Crippen molar-refractivity contribution in [3.63, 3.8) is 0 Å². The number of nitrogen functional groups attached to an aromatic ring is 1. The minimum atomic E-state index is 0.588. The van der Waals surface area contributed by atoms with Gasteiger partial charge in [0.15, 0.2) is 0 Å². The summed E-state index contributed by atoms with van der Waals surface area (Å²) in [5.74, 6) is 0.952. The van der Waals surface area contributed by atoms with E-state index in [0.29, 0.717) is 18.8 Å². The predicted molar refractivity (Wildman–Crippen MR) is 72.8 cm³/mol. The summed E-state index contributed by atoms with van der Waals surface area (Å²) in [4.78, 5) is 0. The van der Waals surface area contributed by atoms with Crippen LogP contribution in [0.1, 0.15) is 16.7 Å².